The molecule has 0 fully saturated rings. The molecule has 0 N–H and O–H groups in total. The molecule has 0 aliphatic carbocycles. The summed E-state index contributed by atoms with van der Waals surface area (Å²) in [4.78, 5) is 25.2. The van der Waals surface area contributed by atoms with Gasteiger partial charge in [0.2, 0.25) is 0 Å². The van der Waals surface area contributed by atoms with Crippen molar-refractivity contribution in [3.05, 3.63) is 75.3 Å². The van der Waals surface area contributed by atoms with Crippen LogP contribution in [-0.2, 0) is 16.1 Å². The van der Waals surface area contributed by atoms with E-state index in [0.29, 0.717) is 0 Å². The lowest BCUT2D eigenvalue weighted by molar-refractivity contribution is -0.384. The van der Waals surface area contributed by atoms with Gasteiger partial charge in [-0.25, -0.2) is 4.79 Å². The summed E-state index contributed by atoms with van der Waals surface area (Å²) < 4.78 is 5.56. The number of nitrogens with zero attached hydrogens (tertiary/aromatic N) is 2. The first kappa shape index (κ1) is 19.6. The van der Waals surface area contributed by atoms with E-state index >= 15 is 0 Å². The molecule has 138 valence electrons. The van der Waals surface area contributed by atoms with Crippen molar-refractivity contribution in [2.45, 2.75) is 33.4 Å². The molecule has 1 atom stereocenters. The molecule has 1 unspecified atom stereocenters. The Labute approximate surface area is 153 Å². The minimum absolute atomic E-state index is 0.0304. The van der Waals surface area contributed by atoms with Crippen LogP contribution in [-0.4, -0.2) is 28.9 Å². The minimum atomic E-state index is -0.468. The predicted octanol–water partition coefficient (Wildman–Crippen LogP) is 4.03. The van der Waals surface area contributed by atoms with E-state index in [2.05, 4.69) is 0 Å². The number of non-ortho nitro benzene ring substituents is 1. The molecule has 0 saturated carbocycles. The standard InChI is InChI=1S/C20H24N2O4/c1-4-21(5-2)19(16-9-7-6-8-10-16)20(23)26-14-17-11-12-18(22(24)25)13-15(17)3/h6-13,19H,4-5,14H2,1-3H3. The Balaban J connectivity index is 2.16. The number of rotatable bonds is 8. The van der Waals surface area contributed by atoms with Crippen LogP contribution < -0.4 is 0 Å². The predicted molar refractivity (Wildman–Crippen MR) is 99.7 cm³/mol. The van der Waals surface area contributed by atoms with Crippen molar-refractivity contribution in [3.63, 3.8) is 0 Å². The van der Waals surface area contributed by atoms with Crippen molar-refractivity contribution < 1.29 is 14.5 Å². The molecule has 0 radical (unpaired) electrons. The van der Waals surface area contributed by atoms with E-state index in [1.807, 2.05) is 49.1 Å². The van der Waals surface area contributed by atoms with Crippen LogP contribution in [0.3, 0.4) is 0 Å². The van der Waals surface area contributed by atoms with Crippen LogP contribution in [0.25, 0.3) is 0 Å². The molecule has 26 heavy (non-hydrogen) atoms. The van der Waals surface area contributed by atoms with Crippen molar-refractivity contribution in [2.24, 2.45) is 0 Å². The molecule has 2 rings (SSSR count). The van der Waals surface area contributed by atoms with Crippen LogP contribution in [0.2, 0.25) is 0 Å². The quantitative estimate of drug-likeness (QED) is 0.406. The Hall–Kier alpha value is -2.73. The Morgan fingerprint density at radius 2 is 1.81 bits per heavy atom. The summed E-state index contributed by atoms with van der Waals surface area (Å²) in [6, 6.07) is 13.6. The van der Waals surface area contributed by atoms with Crippen LogP contribution in [0.5, 0.6) is 0 Å². The van der Waals surface area contributed by atoms with Crippen molar-refractivity contribution in [2.75, 3.05) is 13.1 Å². The Bertz CT molecular complexity index is 758. The highest BCUT2D eigenvalue weighted by Crippen LogP contribution is 2.24. The van der Waals surface area contributed by atoms with E-state index in [9.17, 15) is 14.9 Å². The molecule has 0 aromatic heterocycles. The molecule has 0 bridgehead atoms. The first-order chi connectivity index (χ1) is 12.5. The van der Waals surface area contributed by atoms with Gasteiger partial charge in [-0.15, -0.1) is 0 Å². The van der Waals surface area contributed by atoms with Gasteiger partial charge < -0.3 is 4.74 Å². The van der Waals surface area contributed by atoms with Crippen molar-refractivity contribution in [3.8, 4) is 0 Å². The number of esters is 1. The van der Waals surface area contributed by atoms with Gasteiger partial charge in [-0.1, -0.05) is 44.2 Å². The van der Waals surface area contributed by atoms with Crippen molar-refractivity contribution in [1.29, 1.82) is 0 Å². The number of aryl methyl sites for hydroxylation is 1. The van der Waals surface area contributed by atoms with Gasteiger partial charge in [-0.3, -0.25) is 15.0 Å². The van der Waals surface area contributed by atoms with E-state index in [0.717, 1.165) is 29.8 Å². The number of benzene rings is 2. The fourth-order valence-electron chi connectivity index (χ4n) is 2.90. The molecule has 0 spiro atoms. The maximum Gasteiger partial charge on any atom is 0.328 e. The molecular weight excluding hydrogens is 332 g/mol. The highest BCUT2D eigenvalue weighted by atomic mass is 16.6. The summed E-state index contributed by atoms with van der Waals surface area (Å²) in [6.07, 6.45) is 0. The highest BCUT2D eigenvalue weighted by Gasteiger charge is 2.27. The average molecular weight is 356 g/mol. The third-order valence-electron chi connectivity index (χ3n) is 4.42. The topological polar surface area (TPSA) is 72.7 Å². The zero-order valence-corrected chi connectivity index (χ0v) is 15.3. The molecule has 6 heteroatoms. The second-order valence-corrected chi connectivity index (χ2v) is 6.01. The number of carbonyl (C=O) groups excluding carboxylic acids is 1. The fraction of sp³-hybridized carbons (Fsp3) is 0.350. The molecule has 0 aliphatic rings. The fourth-order valence-corrected chi connectivity index (χ4v) is 2.90. The zero-order chi connectivity index (χ0) is 19.1. The average Bonchev–Trinajstić information content (AvgIpc) is 2.65. The normalized spacial score (nSPS) is 12.0. The number of hydrogen-bond donors (Lipinski definition) is 0. The number of nitro groups is 1. The number of ether oxygens (including phenoxy) is 1. The zero-order valence-electron chi connectivity index (χ0n) is 15.3. The number of likely N-dealkylation sites (N-methyl/N-ethyl adjacent to an activating group) is 1. The van der Waals surface area contributed by atoms with Crippen molar-refractivity contribution in [1.82, 2.24) is 4.90 Å². The van der Waals surface area contributed by atoms with Crippen LogP contribution in [0.1, 0.15) is 36.6 Å². The monoisotopic (exact) mass is 356 g/mol. The van der Waals surface area contributed by atoms with E-state index in [-0.39, 0.29) is 18.3 Å². The summed E-state index contributed by atoms with van der Waals surface area (Å²) >= 11 is 0. The molecule has 0 saturated heterocycles. The van der Waals surface area contributed by atoms with E-state index in [1.165, 1.54) is 12.1 Å². The van der Waals surface area contributed by atoms with Crippen LogP contribution in [0, 0.1) is 17.0 Å². The number of nitro benzene ring substituents is 1. The maximum atomic E-state index is 12.8. The van der Waals surface area contributed by atoms with Gasteiger partial charge in [0.25, 0.3) is 5.69 Å². The van der Waals surface area contributed by atoms with Gasteiger partial charge in [-0.2, -0.15) is 0 Å². The molecule has 6 nitrogen and oxygen atoms in total. The number of hydrogen-bond acceptors (Lipinski definition) is 5. The summed E-state index contributed by atoms with van der Waals surface area (Å²) in [5.74, 6) is -0.322. The van der Waals surface area contributed by atoms with E-state index in [4.69, 9.17) is 4.74 Å². The highest BCUT2D eigenvalue weighted by molar-refractivity contribution is 5.77. The Kier molecular flexibility index (Phi) is 6.86. The van der Waals surface area contributed by atoms with Gasteiger partial charge in [0.05, 0.1) is 4.92 Å². The smallest absolute Gasteiger partial charge is 0.328 e. The molecule has 0 aliphatic heterocycles. The van der Waals surface area contributed by atoms with Crippen LogP contribution >= 0.6 is 0 Å². The maximum absolute atomic E-state index is 12.8. The third kappa shape index (κ3) is 4.67. The summed E-state index contributed by atoms with van der Waals surface area (Å²) in [7, 11) is 0. The summed E-state index contributed by atoms with van der Waals surface area (Å²) in [6.45, 7) is 7.33. The minimum Gasteiger partial charge on any atom is -0.459 e. The Morgan fingerprint density at radius 1 is 1.15 bits per heavy atom. The van der Waals surface area contributed by atoms with Gasteiger partial charge in [0, 0.05) is 12.1 Å². The van der Waals surface area contributed by atoms with Gasteiger partial charge in [0.15, 0.2) is 0 Å². The lowest BCUT2D eigenvalue weighted by Gasteiger charge is -2.28. The van der Waals surface area contributed by atoms with Crippen LogP contribution in [0.4, 0.5) is 5.69 Å². The lowest BCUT2D eigenvalue weighted by Crippen LogP contribution is -2.35. The van der Waals surface area contributed by atoms with E-state index in [1.54, 1.807) is 13.0 Å². The lowest BCUT2D eigenvalue weighted by atomic mass is 10.1. The summed E-state index contributed by atoms with van der Waals surface area (Å²) in [5, 5.41) is 10.8. The summed E-state index contributed by atoms with van der Waals surface area (Å²) in [5.41, 5.74) is 2.41. The molecule has 2 aromatic carbocycles. The van der Waals surface area contributed by atoms with Crippen LogP contribution in [0.15, 0.2) is 48.5 Å². The van der Waals surface area contributed by atoms with Gasteiger partial charge in [0.1, 0.15) is 12.6 Å². The van der Waals surface area contributed by atoms with E-state index < -0.39 is 11.0 Å². The van der Waals surface area contributed by atoms with Gasteiger partial charge >= 0.3 is 5.97 Å². The Morgan fingerprint density at radius 3 is 2.35 bits per heavy atom. The first-order valence-corrected chi connectivity index (χ1v) is 8.67. The molecule has 2 aromatic rings. The largest absolute Gasteiger partial charge is 0.459 e. The first-order valence-electron chi connectivity index (χ1n) is 8.67. The van der Waals surface area contributed by atoms with Gasteiger partial charge in [-0.05, 0) is 42.8 Å². The number of carbonyl (C=O) groups is 1. The second kappa shape index (κ2) is 9.10. The molecular formula is C20H24N2O4. The third-order valence-corrected chi connectivity index (χ3v) is 4.42. The SMILES string of the molecule is CCN(CC)C(C(=O)OCc1ccc([N+](=O)[O-])cc1C)c1ccccc1. The molecule has 0 heterocycles. The second-order valence-electron chi connectivity index (χ2n) is 6.01. The van der Waals surface area contributed by atoms with Crippen molar-refractivity contribution >= 4 is 11.7 Å². The molecule has 0 amide bonds.